The fourth-order valence-electron chi connectivity index (χ4n) is 2.47. The summed E-state index contributed by atoms with van der Waals surface area (Å²) in [6, 6.07) is 7.90. The number of hydrogen-bond donors (Lipinski definition) is 1. The van der Waals surface area contributed by atoms with Crippen molar-refractivity contribution in [2.45, 2.75) is 25.0 Å². The van der Waals surface area contributed by atoms with E-state index in [9.17, 15) is 13.5 Å². The van der Waals surface area contributed by atoms with Crippen LogP contribution in [0.25, 0.3) is 0 Å². The molecule has 0 aliphatic heterocycles. The Morgan fingerprint density at radius 2 is 1.82 bits per heavy atom. The van der Waals surface area contributed by atoms with Gasteiger partial charge in [0.05, 0.1) is 5.25 Å². The van der Waals surface area contributed by atoms with Gasteiger partial charge in [-0.05, 0) is 12.5 Å². The lowest BCUT2D eigenvalue weighted by atomic mass is 10.1. The van der Waals surface area contributed by atoms with Crippen molar-refractivity contribution in [2.75, 3.05) is 12.4 Å². The van der Waals surface area contributed by atoms with Crippen LogP contribution in [-0.4, -0.2) is 31.1 Å². The van der Waals surface area contributed by atoms with E-state index >= 15 is 0 Å². The molecule has 3 atom stereocenters. The first-order valence-corrected chi connectivity index (χ1v) is 7.61. The number of aliphatic hydroxyl groups is 1. The van der Waals surface area contributed by atoms with Crippen LogP contribution in [0.3, 0.4) is 0 Å². The van der Waals surface area contributed by atoms with Gasteiger partial charge < -0.3 is 5.11 Å². The zero-order valence-corrected chi connectivity index (χ0v) is 10.9. The predicted molar refractivity (Wildman–Crippen MR) is 67.7 cm³/mol. The molecule has 4 heteroatoms. The number of benzene rings is 1. The van der Waals surface area contributed by atoms with Crippen molar-refractivity contribution in [1.82, 2.24) is 0 Å². The second-order valence-electron chi connectivity index (χ2n) is 4.70. The SMILES string of the molecule is CCS(=O)(=O)[C@@H]1[C@H](CO)[C@H]1c1ccc(C)cc1. The molecule has 17 heavy (non-hydrogen) atoms. The molecular formula is C13H18O3S. The summed E-state index contributed by atoms with van der Waals surface area (Å²) in [5.41, 5.74) is 2.18. The second-order valence-corrected chi connectivity index (χ2v) is 7.15. The topological polar surface area (TPSA) is 54.4 Å². The maximum absolute atomic E-state index is 11.9. The molecule has 0 spiro atoms. The number of aliphatic hydroxyl groups excluding tert-OH is 1. The first-order valence-electron chi connectivity index (χ1n) is 5.90. The van der Waals surface area contributed by atoms with Crippen LogP contribution in [0.5, 0.6) is 0 Å². The van der Waals surface area contributed by atoms with Crippen LogP contribution in [0.4, 0.5) is 0 Å². The second kappa shape index (κ2) is 4.42. The Kier molecular flexibility index (Phi) is 3.27. The minimum absolute atomic E-state index is 0.0226. The van der Waals surface area contributed by atoms with Crippen molar-refractivity contribution in [2.24, 2.45) is 5.92 Å². The summed E-state index contributed by atoms with van der Waals surface area (Å²) in [6.45, 7) is 3.61. The van der Waals surface area contributed by atoms with Crippen molar-refractivity contribution >= 4 is 9.84 Å². The first kappa shape index (κ1) is 12.6. The van der Waals surface area contributed by atoms with Gasteiger partial charge in [-0.1, -0.05) is 36.8 Å². The van der Waals surface area contributed by atoms with Crippen LogP contribution in [0.2, 0.25) is 0 Å². The summed E-state index contributed by atoms with van der Waals surface area (Å²) in [5.74, 6) is 0.00415. The highest BCUT2D eigenvalue weighted by Gasteiger charge is 2.57. The Morgan fingerprint density at radius 3 is 2.29 bits per heavy atom. The smallest absolute Gasteiger partial charge is 0.153 e. The average Bonchev–Trinajstić information content (AvgIpc) is 3.05. The lowest BCUT2D eigenvalue weighted by Gasteiger charge is -2.01. The van der Waals surface area contributed by atoms with Crippen LogP contribution in [0.1, 0.15) is 24.0 Å². The molecule has 1 fully saturated rings. The third-order valence-electron chi connectivity index (χ3n) is 3.59. The minimum atomic E-state index is -3.05. The predicted octanol–water partition coefficient (Wildman–Crippen LogP) is 1.50. The molecule has 1 aliphatic rings. The average molecular weight is 254 g/mol. The highest BCUT2D eigenvalue weighted by atomic mass is 32.2. The molecular weight excluding hydrogens is 236 g/mol. The van der Waals surface area contributed by atoms with E-state index in [1.807, 2.05) is 31.2 Å². The fraction of sp³-hybridized carbons (Fsp3) is 0.538. The largest absolute Gasteiger partial charge is 0.396 e. The molecule has 1 aromatic rings. The van der Waals surface area contributed by atoms with Gasteiger partial charge in [-0.15, -0.1) is 0 Å². The van der Waals surface area contributed by atoms with Crippen molar-refractivity contribution < 1.29 is 13.5 Å². The molecule has 0 saturated heterocycles. The molecule has 3 nitrogen and oxygen atoms in total. The van der Waals surface area contributed by atoms with Gasteiger partial charge in [-0.3, -0.25) is 0 Å². The summed E-state index contributed by atoms with van der Waals surface area (Å²) in [6.07, 6.45) is 0. The van der Waals surface area contributed by atoms with Crippen molar-refractivity contribution in [3.8, 4) is 0 Å². The first-order chi connectivity index (χ1) is 8.01. The fourth-order valence-corrected chi connectivity index (χ4v) is 4.36. The van der Waals surface area contributed by atoms with Crippen molar-refractivity contribution in [3.63, 3.8) is 0 Å². The molecule has 1 aliphatic carbocycles. The highest BCUT2D eigenvalue weighted by molar-refractivity contribution is 7.92. The molecule has 1 N–H and O–H groups in total. The van der Waals surface area contributed by atoms with Crippen LogP contribution in [-0.2, 0) is 9.84 Å². The third kappa shape index (κ3) is 2.24. The zero-order valence-electron chi connectivity index (χ0n) is 10.1. The van der Waals surface area contributed by atoms with Gasteiger partial charge in [0.1, 0.15) is 0 Å². The molecule has 0 bridgehead atoms. The lowest BCUT2D eigenvalue weighted by molar-refractivity contribution is 0.274. The standard InChI is InChI=1S/C13H18O3S/c1-3-17(15,16)13-11(8-14)12(13)10-6-4-9(2)5-7-10/h4-7,11-14H,3,8H2,1-2H3/t11-,12-,13-/m1/s1. The molecule has 94 valence electrons. The van der Waals surface area contributed by atoms with E-state index < -0.39 is 9.84 Å². The van der Waals surface area contributed by atoms with E-state index in [4.69, 9.17) is 0 Å². The maximum Gasteiger partial charge on any atom is 0.153 e. The van der Waals surface area contributed by atoms with Gasteiger partial charge in [-0.2, -0.15) is 0 Å². The number of rotatable bonds is 4. The van der Waals surface area contributed by atoms with Crippen LogP contribution in [0.15, 0.2) is 24.3 Å². The van der Waals surface area contributed by atoms with Gasteiger partial charge >= 0.3 is 0 Å². The normalized spacial score (nSPS) is 28.1. The molecule has 0 unspecified atom stereocenters. The Bertz CT molecular complexity index is 490. The molecule has 0 amide bonds. The molecule has 0 radical (unpaired) electrons. The Morgan fingerprint density at radius 1 is 1.24 bits per heavy atom. The Labute approximate surface area is 102 Å². The Balaban J connectivity index is 2.26. The zero-order chi connectivity index (χ0) is 12.6. The summed E-state index contributed by atoms with van der Waals surface area (Å²) in [7, 11) is -3.05. The number of aryl methyl sites for hydroxylation is 1. The molecule has 1 saturated carbocycles. The van der Waals surface area contributed by atoms with Gasteiger partial charge in [0.2, 0.25) is 0 Å². The minimum Gasteiger partial charge on any atom is -0.396 e. The quantitative estimate of drug-likeness (QED) is 0.886. The van der Waals surface area contributed by atoms with Gasteiger partial charge in [-0.25, -0.2) is 8.42 Å². The van der Waals surface area contributed by atoms with Crippen LogP contribution in [0, 0.1) is 12.8 Å². The summed E-state index contributed by atoms with van der Waals surface area (Å²) >= 11 is 0. The summed E-state index contributed by atoms with van der Waals surface area (Å²) in [5, 5.41) is 8.87. The van der Waals surface area contributed by atoms with Crippen LogP contribution < -0.4 is 0 Å². The summed E-state index contributed by atoms with van der Waals surface area (Å²) in [4.78, 5) is 0. The van der Waals surface area contributed by atoms with E-state index in [1.165, 1.54) is 0 Å². The number of hydrogen-bond acceptors (Lipinski definition) is 3. The molecule has 0 heterocycles. The van der Waals surface area contributed by atoms with E-state index in [1.54, 1.807) is 6.92 Å². The van der Waals surface area contributed by atoms with Crippen molar-refractivity contribution in [1.29, 1.82) is 0 Å². The maximum atomic E-state index is 11.9. The lowest BCUT2D eigenvalue weighted by Crippen LogP contribution is -2.13. The monoisotopic (exact) mass is 254 g/mol. The molecule has 2 rings (SSSR count). The third-order valence-corrected chi connectivity index (χ3v) is 5.86. The molecule has 1 aromatic carbocycles. The van der Waals surface area contributed by atoms with E-state index in [-0.39, 0.29) is 29.4 Å². The van der Waals surface area contributed by atoms with Gasteiger partial charge in [0, 0.05) is 24.2 Å². The highest BCUT2D eigenvalue weighted by Crippen LogP contribution is 2.52. The number of sulfone groups is 1. The Hall–Kier alpha value is -0.870. The van der Waals surface area contributed by atoms with Crippen LogP contribution >= 0.6 is 0 Å². The van der Waals surface area contributed by atoms with E-state index in [2.05, 4.69) is 0 Å². The van der Waals surface area contributed by atoms with Gasteiger partial charge in [0.15, 0.2) is 9.84 Å². The van der Waals surface area contributed by atoms with Crippen molar-refractivity contribution in [3.05, 3.63) is 35.4 Å². The molecule has 0 aromatic heterocycles. The van der Waals surface area contributed by atoms with Gasteiger partial charge in [0.25, 0.3) is 0 Å². The van der Waals surface area contributed by atoms with E-state index in [0.29, 0.717) is 0 Å². The van der Waals surface area contributed by atoms with E-state index in [0.717, 1.165) is 11.1 Å². The summed E-state index contributed by atoms with van der Waals surface area (Å²) < 4.78 is 23.7.